The molecule has 1 aliphatic heterocycles. The molecular weight excluding hydrogens is 412 g/mol. The smallest absolute Gasteiger partial charge is 0.324 e. The van der Waals surface area contributed by atoms with Crippen LogP contribution in [0.5, 0.6) is 11.5 Å². The summed E-state index contributed by atoms with van der Waals surface area (Å²) in [5.74, 6) is 2.14. The summed E-state index contributed by atoms with van der Waals surface area (Å²) in [5, 5.41) is 12.0. The second-order valence-corrected chi connectivity index (χ2v) is 8.35. The average Bonchev–Trinajstić information content (AvgIpc) is 3.41. The summed E-state index contributed by atoms with van der Waals surface area (Å²) < 4.78 is 15.9. The summed E-state index contributed by atoms with van der Waals surface area (Å²) >= 11 is 0. The quantitative estimate of drug-likeness (QED) is 0.550. The number of amides is 3. The standard InChI is InChI=1S/C23H24N4O5/c1-23(2,3)19-11-20(27-32-19)26-22(29)25-16-7-5-15(6-8-16)21(28)24-12-14-4-9-17-18(10-14)31-13-30-17/h4-11H,12-13H2,1-3H3,(H,24,28)(H2,25,26,27,29). The Morgan fingerprint density at radius 3 is 2.44 bits per heavy atom. The number of rotatable bonds is 5. The third kappa shape index (κ3) is 5.00. The first-order valence-electron chi connectivity index (χ1n) is 10.1. The second kappa shape index (κ2) is 8.62. The van der Waals surface area contributed by atoms with E-state index in [4.69, 9.17) is 14.0 Å². The zero-order valence-corrected chi connectivity index (χ0v) is 18.0. The lowest BCUT2D eigenvalue weighted by atomic mass is 9.93. The number of carbonyl (C=O) groups excluding carboxylic acids is 2. The van der Waals surface area contributed by atoms with Gasteiger partial charge in [0.1, 0.15) is 5.76 Å². The minimum Gasteiger partial charge on any atom is -0.454 e. The third-order valence-electron chi connectivity index (χ3n) is 4.79. The van der Waals surface area contributed by atoms with E-state index in [1.165, 1.54) is 0 Å². The van der Waals surface area contributed by atoms with E-state index >= 15 is 0 Å². The van der Waals surface area contributed by atoms with Gasteiger partial charge < -0.3 is 24.6 Å². The summed E-state index contributed by atoms with van der Waals surface area (Å²) in [7, 11) is 0. The number of fused-ring (bicyclic) bond motifs is 1. The summed E-state index contributed by atoms with van der Waals surface area (Å²) in [4.78, 5) is 24.6. The van der Waals surface area contributed by atoms with Crippen LogP contribution in [-0.4, -0.2) is 23.9 Å². The van der Waals surface area contributed by atoms with Gasteiger partial charge in [0.25, 0.3) is 5.91 Å². The van der Waals surface area contributed by atoms with Crippen LogP contribution in [0.15, 0.2) is 53.1 Å². The van der Waals surface area contributed by atoms with Gasteiger partial charge in [0.05, 0.1) is 0 Å². The number of aromatic nitrogens is 1. The molecule has 166 valence electrons. The highest BCUT2D eigenvalue weighted by Gasteiger charge is 2.20. The maximum Gasteiger partial charge on any atom is 0.324 e. The fourth-order valence-electron chi connectivity index (χ4n) is 3.01. The van der Waals surface area contributed by atoms with Gasteiger partial charge in [-0.2, -0.15) is 0 Å². The molecule has 1 aliphatic rings. The van der Waals surface area contributed by atoms with E-state index in [1.807, 2.05) is 39.0 Å². The van der Waals surface area contributed by atoms with Gasteiger partial charge in [-0.25, -0.2) is 4.79 Å². The maximum absolute atomic E-state index is 12.4. The second-order valence-electron chi connectivity index (χ2n) is 8.35. The lowest BCUT2D eigenvalue weighted by molar-refractivity contribution is 0.0951. The monoisotopic (exact) mass is 436 g/mol. The molecule has 32 heavy (non-hydrogen) atoms. The molecule has 9 heteroatoms. The van der Waals surface area contributed by atoms with Crippen molar-refractivity contribution in [1.29, 1.82) is 0 Å². The van der Waals surface area contributed by atoms with Crippen molar-refractivity contribution in [1.82, 2.24) is 10.5 Å². The predicted octanol–water partition coefficient (Wildman–Crippen LogP) is 4.27. The number of benzene rings is 2. The summed E-state index contributed by atoms with van der Waals surface area (Å²) in [5.41, 5.74) is 1.71. The number of urea groups is 1. The first-order valence-corrected chi connectivity index (χ1v) is 10.1. The molecule has 0 atom stereocenters. The van der Waals surface area contributed by atoms with Crippen LogP contribution in [0.2, 0.25) is 0 Å². The molecule has 0 radical (unpaired) electrons. The molecule has 3 amide bonds. The Hall–Kier alpha value is -4.01. The van der Waals surface area contributed by atoms with Crippen molar-refractivity contribution in [2.45, 2.75) is 32.7 Å². The summed E-state index contributed by atoms with van der Waals surface area (Å²) in [6, 6.07) is 13.3. The van der Waals surface area contributed by atoms with Crippen molar-refractivity contribution in [3.8, 4) is 11.5 Å². The average molecular weight is 436 g/mol. The number of carbonyl (C=O) groups is 2. The van der Waals surface area contributed by atoms with Crippen molar-refractivity contribution in [2.24, 2.45) is 0 Å². The van der Waals surface area contributed by atoms with Gasteiger partial charge in [-0.3, -0.25) is 10.1 Å². The topological polar surface area (TPSA) is 115 Å². The van der Waals surface area contributed by atoms with E-state index in [2.05, 4.69) is 21.1 Å². The van der Waals surface area contributed by atoms with Gasteiger partial charge in [0.15, 0.2) is 17.3 Å². The van der Waals surface area contributed by atoms with Crippen molar-refractivity contribution < 1.29 is 23.6 Å². The molecule has 3 N–H and O–H groups in total. The van der Waals surface area contributed by atoms with Gasteiger partial charge in [0, 0.05) is 29.3 Å². The van der Waals surface area contributed by atoms with Crippen LogP contribution in [0, 0.1) is 0 Å². The number of hydrogen-bond acceptors (Lipinski definition) is 6. The van der Waals surface area contributed by atoms with Crippen LogP contribution >= 0.6 is 0 Å². The van der Waals surface area contributed by atoms with Crippen molar-refractivity contribution in [3.05, 3.63) is 65.4 Å². The normalized spacial score (nSPS) is 12.3. The van der Waals surface area contributed by atoms with Crippen LogP contribution in [0.3, 0.4) is 0 Å². The third-order valence-corrected chi connectivity index (χ3v) is 4.79. The summed E-state index contributed by atoms with van der Waals surface area (Å²) in [6.45, 7) is 6.53. The molecule has 3 aromatic rings. The predicted molar refractivity (Wildman–Crippen MR) is 118 cm³/mol. The molecule has 2 aromatic carbocycles. The maximum atomic E-state index is 12.4. The molecule has 0 bridgehead atoms. The number of nitrogens with one attached hydrogen (secondary N) is 3. The largest absolute Gasteiger partial charge is 0.454 e. The Morgan fingerprint density at radius 2 is 1.72 bits per heavy atom. The molecule has 4 rings (SSSR count). The highest BCUT2D eigenvalue weighted by Crippen LogP contribution is 2.32. The van der Waals surface area contributed by atoms with Crippen LogP contribution in [0.1, 0.15) is 42.5 Å². The Morgan fingerprint density at radius 1 is 0.969 bits per heavy atom. The zero-order chi connectivity index (χ0) is 22.7. The first-order chi connectivity index (χ1) is 15.3. The van der Waals surface area contributed by atoms with Gasteiger partial charge in [-0.1, -0.05) is 32.0 Å². The zero-order valence-electron chi connectivity index (χ0n) is 18.0. The molecule has 0 spiro atoms. The molecular formula is C23H24N4O5. The molecule has 0 saturated heterocycles. The number of anilines is 2. The van der Waals surface area contributed by atoms with Crippen molar-refractivity contribution in [2.75, 3.05) is 17.4 Å². The fraction of sp³-hybridized carbons (Fsp3) is 0.261. The lowest BCUT2D eigenvalue weighted by Crippen LogP contribution is -2.23. The molecule has 0 aliphatic carbocycles. The Labute approximate surface area is 185 Å². The Kier molecular flexibility index (Phi) is 5.72. The molecule has 0 fully saturated rings. The molecule has 2 heterocycles. The van der Waals surface area contributed by atoms with Crippen molar-refractivity contribution in [3.63, 3.8) is 0 Å². The first kappa shape index (κ1) is 21.2. The number of hydrogen-bond donors (Lipinski definition) is 3. The van der Waals surface area contributed by atoms with Gasteiger partial charge >= 0.3 is 6.03 Å². The fourth-order valence-corrected chi connectivity index (χ4v) is 3.01. The van der Waals surface area contributed by atoms with Gasteiger partial charge in [-0.05, 0) is 42.0 Å². The number of nitrogens with zero attached hydrogens (tertiary/aromatic N) is 1. The minimum absolute atomic E-state index is 0.206. The van der Waals surface area contributed by atoms with E-state index in [9.17, 15) is 9.59 Å². The van der Waals surface area contributed by atoms with Gasteiger partial charge in [-0.15, -0.1) is 0 Å². The minimum atomic E-state index is -0.459. The molecule has 0 saturated carbocycles. The van der Waals surface area contributed by atoms with Crippen LogP contribution in [-0.2, 0) is 12.0 Å². The highest BCUT2D eigenvalue weighted by atomic mass is 16.7. The van der Waals surface area contributed by atoms with Crippen LogP contribution in [0.4, 0.5) is 16.3 Å². The van der Waals surface area contributed by atoms with E-state index in [0.29, 0.717) is 40.9 Å². The van der Waals surface area contributed by atoms with E-state index < -0.39 is 6.03 Å². The van der Waals surface area contributed by atoms with Crippen molar-refractivity contribution >= 4 is 23.4 Å². The summed E-state index contributed by atoms with van der Waals surface area (Å²) in [6.07, 6.45) is 0. The van der Waals surface area contributed by atoms with E-state index in [-0.39, 0.29) is 18.1 Å². The highest BCUT2D eigenvalue weighted by molar-refractivity contribution is 6.00. The Bertz CT molecular complexity index is 1130. The van der Waals surface area contributed by atoms with E-state index in [1.54, 1.807) is 30.3 Å². The van der Waals surface area contributed by atoms with Crippen LogP contribution < -0.4 is 25.4 Å². The van der Waals surface area contributed by atoms with Crippen LogP contribution in [0.25, 0.3) is 0 Å². The molecule has 9 nitrogen and oxygen atoms in total. The number of ether oxygens (including phenoxy) is 2. The Balaban J connectivity index is 1.29. The molecule has 1 aromatic heterocycles. The SMILES string of the molecule is CC(C)(C)c1cc(NC(=O)Nc2ccc(C(=O)NCc3ccc4c(c3)OCO4)cc2)no1. The lowest BCUT2D eigenvalue weighted by Gasteiger charge is -2.12. The van der Waals surface area contributed by atoms with Gasteiger partial charge in [0.2, 0.25) is 6.79 Å². The molecule has 0 unspecified atom stereocenters. The van der Waals surface area contributed by atoms with E-state index in [0.717, 1.165) is 5.56 Å².